The number of benzene rings is 2. The number of carbonyl (C=O) groups excluding carboxylic acids is 2. The maximum atomic E-state index is 12.7. The Labute approximate surface area is 165 Å². The Morgan fingerprint density at radius 1 is 1.04 bits per heavy atom. The van der Waals surface area contributed by atoms with Crippen LogP contribution in [0.25, 0.3) is 0 Å². The SMILES string of the molecule is CCN(CC)c1ccc(C2C(C(C)=O)=C(O)C(=O)N2Cc2ccccc2)cc1. The molecule has 0 bridgehead atoms. The van der Waals surface area contributed by atoms with Gasteiger partial charge in [0.05, 0.1) is 11.6 Å². The molecular formula is C23H26N2O3. The van der Waals surface area contributed by atoms with Crippen molar-refractivity contribution in [3.63, 3.8) is 0 Å². The van der Waals surface area contributed by atoms with Crippen molar-refractivity contribution in [3.05, 3.63) is 77.1 Å². The molecule has 2 aromatic rings. The zero-order valence-corrected chi connectivity index (χ0v) is 16.6. The van der Waals surface area contributed by atoms with Gasteiger partial charge in [-0.05, 0) is 44.0 Å². The lowest BCUT2D eigenvalue weighted by molar-refractivity contribution is -0.130. The summed E-state index contributed by atoms with van der Waals surface area (Å²) >= 11 is 0. The lowest BCUT2D eigenvalue weighted by Gasteiger charge is -2.27. The van der Waals surface area contributed by atoms with Crippen molar-refractivity contribution >= 4 is 17.4 Å². The summed E-state index contributed by atoms with van der Waals surface area (Å²) in [4.78, 5) is 28.8. The topological polar surface area (TPSA) is 60.9 Å². The van der Waals surface area contributed by atoms with E-state index < -0.39 is 17.7 Å². The van der Waals surface area contributed by atoms with Crippen molar-refractivity contribution in [1.82, 2.24) is 4.90 Å². The molecule has 0 radical (unpaired) electrons. The van der Waals surface area contributed by atoms with Crippen LogP contribution < -0.4 is 4.90 Å². The molecule has 1 atom stereocenters. The number of aliphatic hydroxyl groups excluding tert-OH is 1. The van der Waals surface area contributed by atoms with Crippen LogP contribution >= 0.6 is 0 Å². The van der Waals surface area contributed by atoms with Gasteiger partial charge in [-0.15, -0.1) is 0 Å². The molecule has 146 valence electrons. The van der Waals surface area contributed by atoms with Crippen LogP contribution in [0.15, 0.2) is 65.9 Å². The molecule has 1 N–H and O–H groups in total. The van der Waals surface area contributed by atoms with Crippen molar-refractivity contribution in [1.29, 1.82) is 0 Å². The third-order valence-corrected chi connectivity index (χ3v) is 5.22. The van der Waals surface area contributed by atoms with Gasteiger partial charge in [0, 0.05) is 25.3 Å². The van der Waals surface area contributed by atoms with Crippen LogP contribution in [0.3, 0.4) is 0 Å². The van der Waals surface area contributed by atoms with Crippen LogP contribution in [-0.2, 0) is 16.1 Å². The quantitative estimate of drug-likeness (QED) is 0.791. The van der Waals surface area contributed by atoms with Gasteiger partial charge in [-0.1, -0.05) is 42.5 Å². The van der Waals surface area contributed by atoms with Gasteiger partial charge in [0.15, 0.2) is 11.5 Å². The number of rotatable bonds is 7. The van der Waals surface area contributed by atoms with Crippen LogP contribution in [-0.4, -0.2) is 34.8 Å². The predicted molar refractivity (Wildman–Crippen MR) is 110 cm³/mol. The van der Waals surface area contributed by atoms with Gasteiger partial charge >= 0.3 is 0 Å². The summed E-state index contributed by atoms with van der Waals surface area (Å²) in [7, 11) is 0. The Morgan fingerprint density at radius 3 is 2.18 bits per heavy atom. The summed E-state index contributed by atoms with van der Waals surface area (Å²) in [6.45, 7) is 7.71. The van der Waals surface area contributed by atoms with E-state index in [4.69, 9.17) is 0 Å². The Hall–Kier alpha value is -3.08. The molecule has 2 aromatic carbocycles. The molecule has 0 aliphatic carbocycles. The molecule has 0 aromatic heterocycles. The molecule has 28 heavy (non-hydrogen) atoms. The maximum absolute atomic E-state index is 12.7. The van der Waals surface area contributed by atoms with E-state index in [1.165, 1.54) is 6.92 Å². The first kappa shape index (κ1) is 19.7. The molecule has 3 rings (SSSR count). The maximum Gasteiger partial charge on any atom is 0.290 e. The largest absolute Gasteiger partial charge is 0.503 e. The van der Waals surface area contributed by atoms with Crippen molar-refractivity contribution in [3.8, 4) is 0 Å². The zero-order chi connectivity index (χ0) is 20.3. The summed E-state index contributed by atoms with van der Waals surface area (Å²) in [5.41, 5.74) is 3.01. The van der Waals surface area contributed by atoms with E-state index in [0.717, 1.165) is 29.9 Å². The molecule has 0 spiro atoms. The number of carbonyl (C=O) groups is 2. The molecule has 1 aliphatic heterocycles. The number of ketones is 1. The average Bonchev–Trinajstić information content (AvgIpc) is 2.95. The lowest BCUT2D eigenvalue weighted by Crippen LogP contribution is -2.30. The van der Waals surface area contributed by atoms with Crippen LogP contribution in [0.2, 0.25) is 0 Å². The van der Waals surface area contributed by atoms with Crippen LogP contribution in [0, 0.1) is 0 Å². The standard InChI is InChI=1S/C23H26N2O3/c1-4-24(5-2)19-13-11-18(12-14-19)21-20(16(3)26)22(27)23(28)25(21)15-17-9-7-6-8-10-17/h6-14,21,27H,4-5,15H2,1-3H3. The summed E-state index contributed by atoms with van der Waals surface area (Å²) in [6, 6.07) is 16.9. The van der Waals surface area contributed by atoms with Gasteiger partial charge in [-0.3, -0.25) is 9.59 Å². The minimum Gasteiger partial charge on any atom is -0.503 e. The molecule has 1 heterocycles. The zero-order valence-electron chi connectivity index (χ0n) is 16.6. The lowest BCUT2D eigenvalue weighted by atomic mass is 9.96. The van der Waals surface area contributed by atoms with Crippen molar-refractivity contribution < 1.29 is 14.7 Å². The Kier molecular flexibility index (Phi) is 5.83. The Bertz CT molecular complexity index is 884. The first-order chi connectivity index (χ1) is 13.5. The van der Waals surface area contributed by atoms with E-state index in [9.17, 15) is 14.7 Å². The van der Waals surface area contributed by atoms with Crippen molar-refractivity contribution in [2.75, 3.05) is 18.0 Å². The van der Waals surface area contributed by atoms with E-state index in [2.05, 4.69) is 18.7 Å². The molecule has 5 heteroatoms. The van der Waals surface area contributed by atoms with E-state index >= 15 is 0 Å². The first-order valence-electron chi connectivity index (χ1n) is 9.61. The van der Waals surface area contributed by atoms with Crippen LogP contribution in [0.5, 0.6) is 0 Å². The molecule has 1 aliphatic rings. The molecule has 0 fully saturated rings. The monoisotopic (exact) mass is 378 g/mol. The fourth-order valence-corrected chi connectivity index (χ4v) is 3.76. The third-order valence-electron chi connectivity index (χ3n) is 5.22. The number of nitrogens with zero attached hydrogens (tertiary/aromatic N) is 2. The highest BCUT2D eigenvalue weighted by Gasteiger charge is 2.42. The Balaban J connectivity index is 1.99. The summed E-state index contributed by atoms with van der Waals surface area (Å²) in [6.07, 6.45) is 0. The van der Waals surface area contributed by atoms with Crippen molar-refractivity contribution in [2.45, 2.75) is 33.4 Å². The summed E-state index contributed by atoms with van der Waals surface area (Å²) < 4.78 is 0. The van der Waals surface area contributed by atoms with E-state index in [-0.39, 0.29) is 11.4 Å². The number of hydrogen-bond donors (Lipinski definition) is 1. The van der Waals surface area contributed by atoms with Crippen molar-refractivity contribution in [2.24, 2.45) is 0 Å². The van der Waals surface area contributed by atoms with E-state index in [0.29, 0.717) is 6.54 Å². The Morgan fingerprint density at radius 2 is 1.64 bits per heavy atom. The average molecular weight is 378 g/mol. The number of hydrogen-bond acceptors (Lipinski definition) is 4. The predicted octanol–water partition coefficient (Wildman–Crippen LogP) is 4.02. The molecule has 0 saturated carbocycles. The fourth-order valence-electron chi connectivity index (χ4n) is 3.76. The third kappa shape index (κ3) is 3.65. The highest BCUT2D eigenvalue weighted by atomic mass is 16.3. The molecule has 1 unspecified atom stereocenters. The molecule has 5 nitrogen and oxygen atoms in total. The number of aliphatic hydroxyl groups is 1. The number of amides is 1. The molecule has 1 amide bonds. The van der Waals surface area contributed by atoms with Gasteiger partial charge in [0.1, 0.15) is 0 Å². The summed E-state index contributed by atoms with van der Waals surface area (Å²) in [5, 5.41) is 10.4. The second-order valence-electron chi connectivity index (χ2n) is 6.90. The van der Waals surface area contributed by atoms with Gasteiger partial charge in [0.25, 0.3) is 5.91 Å². The van der Waals surface area contributed by atoms with Gasteiger partial charge in [-0.25, -0.2) is 0 Å². The molecule has 0 saturated heterocycles. The fraction of sp³-hybridized carbons (Fsp3) is 0.304. The van der Waals surface area contributed by atoms with E-state index in [1.54, 1.807) is 4.90 Å². The normalized spacial score (nSPS) is 16.6. The minimum atomic E-state index is -0.587. The second kappa shape index (κ2) is 8.30. The second-order valence-corrected chi connectivity index (χ2v) is 6.90. The van der Waals surface area contributed by atoms with Gasteiger partial charge < -0.3 is 14.9 Å². The smallest absolute Gasteiger partial charge is 0.290 e. The van der Waals surface area contributed by atoms with Gasteiger partial charge in [-0.2, -0.15) is 0 Å². The van der Waals surface area contributed by atoms with E-state index in [1.807, 2.05) is 54.6 Å². The van der Waals surface area contributed by atoms with Crippen LogP contribution in [0.1, 0.15) is 37.9 Å². The first-order valence-corrected chi connectivity index (χ1v) is 9.61. The number of Topliss-reactive ketones (excluding diaryl/α,β-unsaturated/α-hetero) is 1. The van der Waals surface area contributed by atoms with Crippen LogP contribution in [0.4, 0.5) is 5.69 Å². The molecular weight excluding hydrogens is 352 g/mol. The highest BCUT2D eigenvalue weighted by molar-refractivity contribution is 6.08. The number of anilines is 1. The highest BCUT2D eigenvalue weighted by Crippen LogP contribution is 2.39. The van der Waals surface area contributed by atoms with Gasteiger partial charge in [0.2, 0.25) is 0 Å². The summed E-state index contributed by atoms with van der Waals surface area (Å²) in [5.74, 6) is -1.24. The minimum absolute atomic E-state index is 0.163.